The molecule has 2 aliphatic heterocycles. The van der Waals surface area contributed by atoms with Crippen LogP contribution < -0.4 is 10.1 Å². The van der Waals surface area contributed by atoms with E-state index in [1.165, 1.54) is 26.8 Å². The lowest BCUT2D eigenvalue weighted by molar-refractivity contribution is -0.126. The molecule has 1 atom stereocenters. The monoisotopic (exact) mass is 569 g/mol. The Hall–Kier alpha value is -2.18. The molecule has 2 aromatic carbocycles. The van der Waals surface area contributed by atoms with E-state index in [0.717, 1.165) is 18.4 Å². The second-order valence-corrected chi connectivity index (χ2v) is 13.5. The average Bonchev–Trinajstić information content (AvgIpc) is 3.45. The normalized spacial score (nSPS) is 19.6. The van der Waals surface area contributed by atoms with Gasteiger partial charge in [-0.05, 0) is 68.5 Å². The van der Waals surface area contributed by atoms with E-state index >= 15 is 0 Å². The zero-order chi connectivity index (χ0) is 26.6. The summed E-state index contributed by atoms with van der Waals surface area (Å²) in [5.41, 5.74) is 0.762. The van der Waals surface area contributed by atoms with Crippen LogP contribution in [0.1, 0.15) is 38.2 Å². The molecule has 9 nitrogen and oxygen atoms in total. The number of carbonyl (C=O) groups is 1. The van der Waals surface area contributed by atoms with Crippen LogP contribution in [-0.4, -0.2) is 64.1 Å². The van der Waals surface area contributed by atoms with Crippen molar-refractivity contribution in [1.82, 2.24) is 13.9 Å². The standard InChI is InChI=1S/C25H32ClN3O6S2/c1-2-35-24-12-11-22(16-23(24)26)37(33,34)29-15-5-6-20(18-29)25(30)27-17-19-7-9-21(10-8-19)36(31,32)28-13-3-4-14-28/h7-12,16,20H,2-6,13-15,17-18H2,1H3,(H,27,30)/t20-/m1/s1. The molecule has 0 bridgehead atoms. The number of nitrogens with zero attached hydrogens (tertiary/aromatic N) is 2. The zero-order valence-electron chi connectivity index (χ0n) is 20.7. The Morgan fingerprint density at radius 1 is 0.946 bits per heavy atom. The summed E-state index contributed by atoms with van der Waals surface area (Å²) in [6, 6.07) is 10.9. The number of benzene rings is 2. The van der Waals surface area contributed by atoms with Gasteiger partial charge in [-0.15, -0.1) is 0 Å². The lowest BCUT2D eigenvalue weighted by Gasteiger charge is -2.31. The average molecular weight is 570 g/mol. The van der Waals surface area contributed by atoms with Crippen LogP contribution in [0.3, 0.4) is 0 Å². The summed E-state index contributed by atoms with van der Waals surface area (Å²) in [5, 5.41) is 3.08. The fourth-order valence-electron chi connectivity index (χ4n) is 4.63. The molecule has 0 saturated carbocycles. The first kappa shape index (κ1) is 27.8. The number of halogens is 1. The Kier molecular flexibility index (Phi) is 8.80. The predicted octanol–water partition coefficient (Wildman–Crippen LogP) is 3.24. The quantitative estimate of drug-likeness (QED) is 0.496. The molecule has 37 heavy (non-hydrogen) atoms. The van der Waals surface area contributed by atoms with Gasteiger partial charge in [-0.2, -0.15) is 8.61 Å². The SMILES string of the molecule is CCOc1ccc(S(=O)(=O)N2CCC[C@@H](C(=O)NCc3ccc(S(=O)(=O)N4CCCC4)cc3)C2)cc1Cl. The van der Waals surface area contributed by atoms with E-state index in [1.54, 1.807) is 24.3 Å². The van der Waals surface area contributed by atoms with Crippen LogP contribution in [0.15, 0.2) is 52.3 Å². The van der Waals surface area contributed by atoms with Gasteiger partial charge >= 0.3 is 0 Å². The van der Waals surface area contributed by atoms with Crippen molar-refractivity contribution in [3.05, 3.63) is 53.1 Å². The molecule has 202 valence electrons. The Morgan fingerprint density at radius 3 is 2.22 bits per heavy atom. The molecular formula is C25H32ClN3O6S2. The van der Waals surface area contributed by atoms with Crippen LogP contribution in [0.25, 0.3) is 0 Å². The van der Waals surface area contributed by atoms with E-state index in [9.17, 15) is 21.6 Å². The Morgan fingerprint density at radius 2 is 1.57 bits per heavy atom. The maximum absolute atomic E-state index is 13.2. The molecule has 0 unspecified atom stereocenters. The van der Waals surface area contributed by atoms with E-state index < -0.39 is 26.0 Å². The molecule has 0 spiro atoms. The third-order valence-electron chi connectivity index (χ3n) is 6.69. The lowest BCUT2D eigenvalue weighted by Crippen LogP contribution is -2.45. The summed E-state index contributed by atoms with van der Waals surface area (Å²) in [6.45, 7) is 3.93. The number of nitrogens with one attached hydrogen (secondary N) is 1. The maximum Gasteiger partial charge on any atom is 0.243 e. The highest BCUT2D eigenvalue weighted by Gasteiger charge is 2.33. The molecule has 2 aliphatic rings. The minimum Gasteiger partial charge on any atom is -0.492 e. The van der Waals surface area contributed by atoms with E-state index in [2.05, 4.69) is 5.32 Å². The fraction of sp³-hybridized carbons (Fsp3) is 0.480. The summed E-state index contributed by atoms with van der Waals surface area (Å²) in [6.07, 6.45) is 2.88. The molecule has 12 heteroatoms. The largest absolute Gasteiger partial charge is 0.492 e. The number of piperidine rings is 1. The summed E-state index contributed by atoms with van der Waals surface area (Å²) in [4.78, 5) is 13.2. The first-order valence-electron chi connectivity index (χ1n) is 12.4. The first-order valence-corrected chi connectivity index (χ1v) is 15.7. The number of hydrogen-bond acceptors (Lipinski definition) is 6. The van der Waals surface area contributed by atoms with Crippen molar-refractivity contribution in [1.29, 1.82) is 0 Å². The van der Waals surface area contributed by atoms with Gasteiger partial charge in [0.05, 0.1) is 27.3 Å². The maximum atomic E-state index is 13.2. The highest BCUT2D eigenvalue weighted by atomic mass is 35.5. The lowest BCUT2D eigenvalue weighted by atomic mass is 9.99. The van der Waals surface area contributed by atoms with E-state index in [-0.39, 0.29) is 33.8 Å². The minimum absolute atomic E-state index is 0.0611. The van der Waals surface area contributed by atoms with Gasteiger partial charge in [-0.1, -0.05) is 23.7 Å². The van der Waals surface area contributed by atoms with Crippen molar-refractivity contribution in [2.75, 3.05) is 32.8 Å². The highest BCUT2D eigenvalue weighted by molar-refractivity contribution is 7.89. The summed E-state index contributed by atoms with van der Waals surface area (Å²) in [5.74, 6) is -0.310. The molecule has 1 amide bonds. The van der Waals surface area contributed by atoms with Gasteiger partial charge in [0.1, 0.15) is 5.75 Å². The van der Waals surface area contributed by atoms with E-state index in [4.69, 9.17) is 16.3 Å². The van der Waals surface area contributed by atoms with Gasteiger partial charge in [0, 0.05) is 32.7 Å². The van der Waals surface area contributed by atoms with Crippen molar-refractivity contribution in [2.45, 2.75) is 48.9 Å². The molecule has 0 radical (unpaired) electrons. The Bertz CT molecular complexity index is 1330. The summed E-state index contributed by atoms with van der Waals surface area (Å²) in [7, 11) is -7.31. The van der Waals surface area contributed by atoms with E-state index in [1.807, 2.05) is 6.92 Å². The number of amides is 1. The number of rotatable bonds is 9. The fourth-order valence-corrected chi connectivity index (χ4v) is 8.00. The van der Waals surface area contributed by atoms with Gasteiger partial charge < -0.3 is 10.1 Å². The molecule has 0 aliphatic carbocycles. The summed E-state index contributed by atoms with van der Waals surface area (Å²) < 4.78 is 60.0. The molecular weight excluding hydrogens is 538 g/mol. The van der Waals surface area contributed by atoms with Gasteiger partial charge in [-0.25, -0.2) is 16.8 Å². The first-order chi connectivity index (χ1) is 17.6. The summed E-state index contributed by atoms with van der Waals surface area (Å²) >= 11 is 6.19. The van der Waals surface area contributed by atoms with Crippen molar-refractivity contribution in [3.63, 3.8) is 0 Å². The highest BCUT2D eigenvalue weighted by Crippen LogP contribution is 2.30. The van der Waals surface area contributed by atoms with Gasteiger partial charge in [0.15, 0.2) is 0 Å². The Labute approximate surface area is 223 Å². The molecule has 1 N–H and O–H groups in total. The van der Waals surface area contributed by atoms with Gasteiger partial charge in [0.25, 0.3) is 0 Å². The van der Waals surface area contributed by atoms with Crippen LogP contribution in [0, 0.1) is 5.92 Å². The number of ether oxygens (including phenoxy) is 1. The molecule has 4 rings (SSSR count). The smallest absolute Gasteiger partial charge is 0.243 e. The Balaban J connectivity index is 1.36. The van der Waals surface area contributed by atoms with Crippen molar-refractivity contribution in [2.24, 2.45) is 5.92 Å². The molecule has 2 saturated heterocycles. The second-order valence-electron chi connectivity index (χ2n) is 9.20. The van der Waals surface area contributed by atoms with Crippen LogP contribution in [0.2, 0.25) is 5.02 Å². The van der Waals surface area contributed by atoms with Gasteiger partial charge in [-0.3, -0.25) is 4.79 Å². The van der Waals surface area contributed by atoms with Gasteiger partial charge in [0.2, 0.25) is 26.0 Å². The number of sulfonamides is 2. The molecule has 2 fully saturated rings. The molecule has 2 aromatic rings. The van der Waals surface area contributed by atoms with E-state index in [0.29, 0.717) is 44.8 Å². The van der Waals surface area contributed by atoms with Crippen LogP contribution in [0.4, 0.5) is 0 Å². The van der Waals surface area contributed by atoms with Crippen molar-refractivity contribution < 1.29 is 26.4 Å². The van der Waals surface area contributed by atoms with Crippen molar-refractivity contribution in [3.8, 4) is 5.75 Å². The second kappa shape index (κ2) is 11.7. The van der Waals surface area contributed by atoms with Crippen LogP contribution in [-0.2, 0) is 31.4 Å². The number of carbonyl (C=O) groups excluding carboxylic acids is 1. The molecule has 2 heterocycles. The third-order valence-corrected chi connectivity index (χ3v) is 10.8. The molecule has 0 aromatic heterocycles. The minimum atomic E-state index is -3.82. The van der Waals surface area contributed by atoms with Crippen LogP contribution >= 0.6 is 11.6 Å². The topological polar surface area (TPSA) is 113 Å². The third kappa shape index (κ3) is 6.28. The van der Waals surface area contributed by atoms with Crippen molar-refractivity contribution >= 4 is 37.6 Å². The van der Waals surface area contributed by atoms with Crippen LogP contribution in [0.5, 0.6) is 5.75 Å². The zero-order valence-corrected chi connectivity index (χ0v) is 23.1. The predicted molar refractivity (Wildman–Crippen MR) is 140 cm³/mol. The number of hydrogen-bond donors (Lipinski definition) is 1.